The number of thioether (sulfide) groups is 1. The van der Waals surface area contributed by atoms with Gasteiger partial charge in [-0.3, -0.25) is 0 Å². The maximum Gasteiger partial charge on any atom is 0.103 e. The Kier molecular flexibility index (Phi) is 5.88. The molecule has 4 heteroatoms. The van der Waals surface area contributed by atoms with E-state index < -0.39 is 0 Å². The van der Waals surface area contributed by atoms with E-state index in [1.54, 1.807) is 11.8 Å². The number of nitriles is 1. The molecule has 0 spiro atoms. The minimum Gasteiger partial charge on any atom is -0.369 e. The lowest BCUT2D eigenvalue weighted by atomic mass is 10.1. The van der Waals surface area contributed by atoms with Gasteiger partial charge in [0.05, 0.1) is 11.3 Å². The molecule has 1 aromatic rings. The van der Waals surface area contributed by atoms with Gasteiger partial charge in [-0.1, -0.05) is 13.0 Å². The topological polar surface area (TPSA) is 53.0 Å². The van der Waals surface area contributed by atoms with Crippen molar-refractivity contribution >= 4 is 17.4 Å². The molecule has 0 aliphatic heterocycles. The highest BCUT2D eigenvalue weighted by atomic mass is 32.2. The summed E-state index contributed by atoms with van der Waals surface area (Å²) in [6, 6.07) is 8.33. The number of benzene rings is 1. The molecule has 92 valence electrons. The van der Waals surface area contributed by atoms with E-state index in [-0.39, 0.29) is 0 Å². The van der Waals surface area contributed by atoms with Crippen molar-refractivity contribution < 1.29 is 0 Å². The zero-order valence-corrected chi connectivity index (χ0v) is 11.3. The summed E-state index contributed by atoms with van der Waals surface area (Å²) in [6.45, 7) is 6.42. The molecular weight excluding hydrogens is 230 g/mol. The van der Waals surface area contributed by atoms with Crippen LogP contribution in [0, 0.1) is 11.3 Å². The Morgan fingerprint density at radius 1 is 1.41 bits per heavy atom. The van der Waals surface area contributed by atoms with Gasteiger partial charge in [0, 0.05) is 24.5 Å². The van der Waals surface area contributed by atoms with Crippen LogP contribution in [0.25, 0.3) is 0 Å². The molecule has 0 unspecified atom stereocenters. The first-order chi connectivity index (χ1) is 8.28. The van der Waals surface area contributed by atoms with Crippen LogP contribution in [0.3, 0.4) is 0 Å². The van der Waals surface area contributed by atoms with Gasteiger partial charge in [-0.2, -0.15) is 5.26 Å². The Morgan fingerprint density at radius 2 is 2.18 bits per heavy atom. The molecule has 0 aliphatic carbocycles. The average Bonchev–Trinajstić information content (AvgIpc) is 2.36. The summed E-state index contributed by atoms with van der Waals surface area (Å²) in [6.07, 6.45) is 0. The number of hydrogen-bond acceptors (Lipinski definition) is 4. The maximum absolute atomic E-state index is 9.32. The number of anilines is 1. The fourth-order valence-corrected chi connectivity index (χ4v) is 2.56. The summed E-state index contributed by atoms with van der Waals surface area (Å²) >= 11 is 1.71. The molecule has 1 aromatic carbocycles. The highest BCUT2D eigenvalue weighted by molar-refractivity contribution is 7.99. The van der Waals surface area contributed by atoms with Crippen molar-refractivity contribution in [3.63, 3.8) is 0 Å². The highest BCUT2D eigenvalue weighted by Gasteiger charge is 2.12. The number of hydrogen-bond donors (Lipinski definition) is 1. The third-order valence-corrected chi connectivity index (χ3v) is 3.48. The monoisotopic (exact) mass is 249 g/mol. The zero-order chi connectivity index (χ0) is 12.7. The molecule has 0 heterocycles. The van der Waals surface area contributed by atoms with E-state index in [0.29, 0.717) is 6.54 Å². The predicted octanol–water partition coefficient (Wildman–Crippen LogP) is 2.46. The molecule has 0 saturated heterocycles. The molecule has 0 radical (unpaired) electrons. The van der Waals surface area contributed by atoms with E-state index >= 15 is 0 Å². The van der Waals surface area contributed by atoms with Crippen LogP contribution in [0.1, 0.15) is 19.4 Å². The zero-order valence-electron chi connectivity index (χ0n) is 10.4. The minimum absolute atomic E-state index is 0.601. The van der Waals surface area contributed by atoms with Gasteiger partial charge in [0.2, 0.25) is 0 Å². The lowest BCUT2D eigenvalue weighted by molar-refractivity contribution is 0.814. The SMILES string of the molecule is CCSc1cccc(N(CC)CCN)c1C#N. The Hall–Kier alpha value is -1.18. The molecule has 3 nitrogen and oxygen atoms in total. The molecule has 0 aromatic heterocycles. The van der Waals surface area contributed by atoms with Crippen LogP contribution in [-0.4, -0.2) is 25.4 Å². The van der Waals surface area contributed by atoms with Crippen LogP contribution in [-0.2, 0) is 0 Å². The van der Waals surface area contributed by atoms with Crippen molar-refractivity contribution in [2.24, 2.45) is 5.73 Å². The van der Waals surface area contributed by atoms with Crippen LogP contribution in [0.5, 0.6) is 0 Å². The van der Waals surface area contributed by atoms with Crippen LogP contribution < -0.4 is 10.6 Å². The summed E-state index contributed by atoms with van der Waals surface area (Å²) < 4.78 is 0. The third-order valence-electron chi connectivity index (χ3n) is 2.54. The second-order valence-corrected chi connectivity index (χ2v) is 4.87. The Morgan fingerprint density at radius 3 is 2.71 bits per heavy atom. The van der Waals surface area contributed by atoms with Crippen molar-refractivity contribution in [2.75, 3.05) is 30.3 Å². The summed E-state index contributed by atoms with van der Waals surface area (Å²) in [5.74, 6) is 0.973. The van der Waals surface area contributed by atoms with Gasteiger partial charge in [0.15, 0.2) is 0 Å². The van der Waals surface area contributed by atoms with Gasteiger partial charge < -0.3 is 10.6 Å². The Balaban J connectivity index is 3.14. The van der Waals surface area contributed by atoms with Crippen LogP contribution >= 0.6 is 11.8 Å². The summed E-state index contributed by atoms with van der Waals surface area (Å²) in [5.41, 5.74) is 7.37. The number of nitrogens with zero attached hydrogens (tertiary/aromatic N) is 2. The third kappa shape index (κ3) is 3.39. The van der Waals surface area contributed by atoms with Gasteiger partial charge in [-0.25, -0.2) is 0 Å². The molecule has 0 fully saturated rings. The first-order valence-corrected chi connectivity index (χ1v) is 6.87. The number of rotatable bonds is 6. The molecule has 0 aliphatic rings. The van der Waals surface area contributed by atoms with Crippen molar-refractivity contribution in [1.29, 1.82) is 5.26 Å². The van der Waals surface area contributed by atoms with Crippen LogP contribution in [0.4, 0.5) is 5.69 Å². The fraction of sp³-hybridized carbons (Fsp3) is 0.462. The van der Waals surface area contributed by atoms with Gasteiger partial charge in [0.25, 0.3) is 0 Å². The summed E-state index contributed by atoms with van der Waals surface area (Å²) in [7, 11) is 0. The molecular formula is C13H19N3S. The molecule has 0 atom stereocenters. The van der Waals surface area contributed by atoms with Crippen molar-refractivity contribution in [1.82, 2.24) is 0 Å². The van der Waals surface area contributed by atoms with E-state index in [1.165, 1.54) is 0 Å². The van der Waals surface area contributed by atoms with Gasteiger partial charge >= 0.3 is 0 Å². The largest absolute Gasteiger partial charge is 0.369 e. The lowest BCUT2D eigenvalue weighted by Crippen LogP contribution is -2.29. The first kappa shape index (κ1) is 13.9. The second-order valence-electron chi connectivity index (χ2n) is 3.56. The Bertz CT molecular complexity index is 398. The van der Waals surface area contributed by atoms with Gasteiger partial charge in [-0.05, 0) is 24.8 Å². The van der Waals surface area contributed by atoms with Crippen LogP contribution in [0.15, 0.2) is 23.1 Å². The first-order valence-electron chi connectivity index (χ1n) is 5.89. The normalized spacial score (nSPS) is 10.0. The number of nitrogens with two attached hydrogens (primary N) is 1. The van der Waals surface area contributed by atoms with E-state index in [1.807, 2.05) is 18.2 Å². The minimum atomic E-state index is 0.601. The molecule has 0 saturated carbocycles. The maximum atomic E-state index is 9.32. The Labute approximate surface area is 108 Å². The van der Waals surface area contributed by atoms with Crippen molar-refractivity contribution in [2.45, 2.75) is 18.7 Å². The van der Waals surface area contributed by atoms with E-state index in [4.69, 9.17) is 5.73 Å². The van der Waals surface area contributed by atoms with E-state index in [2.05, 4.69) is 24.8 Å². The van der Waals surface area contributed by atoms with Crippen LogP contribution in [0.2, 0.25) is 0 Å². The number of likely N-dealkylation sites (N-methyl/N-ethyl adjacent to an activating group) is 1. The molecule has 0 bridgehead atoms. The van der Waals surface area contributed by atoms with Crippen molar-refractivity contribution in [3.8, 4) is 6.07 Å². The smallest absolute Gasteiger partial charge is 0.103 e. The van der Waals surface area contributed by atoms with E-state index in [9.17, 15) is 5.26 Å². The quantitative estimate of drug-likeness (QED) is 0.787. The molecule has 0 amide bonds. The van der Waals surface area contributed by atoms with Gasteiger partial charge in [0.1, 0.15) is 6.07 Å². The molecule has 17 heavy (non-hydrogen) atoms. The molecule has 1 rings (SSSR count). The fourth-order valence-electron chi connectivity index (χ4n) is 1.78. The van der Waals surface area contributed by atoms with E-state index in [0.717, 1.165) is 35.0 Å². The molecule has 2 N–H and O–H groups in total. The highest BCUT2D eigenvalue weighted by Crippen LogP contribution is 2.29. The second kappa shape index (κ2) is 7.21. The standard InChI is InChI=1S/C13H19N3S/c1-3-16(9-8-14)12-6-5-7-13(17-4-2)11(12)10-15/h5-7H,3-4,8-9,14H2,1-2H3. The van der Waals surface area contributed by atoms with Crippen molar-refractivity contribution in [3.05, 3.63) is 23.8 Å². The lowest BCUT2D eigenvalue weighted by Gasteiger charge is -2.24. The predicted molar refractivity (Wildman–Crippen MR) is 74.5 cm³/mol. The van der Waals surface area contributed by atoms with Gasteiger partial charge in [-0.15, -0.1) is 11.8 Å². The average molecular weight is 249 g/mol. The summed E-state index contributed by atoms with van der Waals surface area (Å²) in [4.78, 5) is 3.21. The summed E-state index contributed by atoms with van der Waals surface area (Å²) in [5, 5.41) is 9.32.